The largest absolute Gasteiger partial charge is 0.386 e. The van der Waals surface area contributed by atoms with Crippen LogP contribution >= 0.6 is 0 Å². The third-order valence-corrected chi connectivity index (χ3v) is 5.26. The van der Waals surface area contributed by atoms with Crippen LogP contribution in [0.2, 0.25) is 0 Å². The van der Waals surface area contributed by atoms with Crippen LogP contribution in [0.4, 0.5) is 23.0 Å². The molecule has 2 aromatic carbocycles. The zero-order chi connectivity index (χ0) is 23.9. The molecule has 0 amide bonds. The number of hydrazone groups is 1. The van der Waals surface area contributed by atoms with Crippen LogP contribution in [-0.2, 0) is 4.74 Å². The first-order chi connectivity index (χ1) is 16.6. The Morgan fingerprint density at radius 3 is 2.68 bits per heavy atom. The average molecular weight is 455 g/mol. The first-order valence-corrected chi connectivity index (χ1v) is 10.9. The molecule has 0 unspecified atom stereocenters. The van der Waals surface area contributed by atoms with Gasteiger partial charge in [0.1, 0.15) is 5.84 Å². The zero-order valence-corrected chi connectivity index (χ0v) is 19.0. The van der Waals surface area contributed by atoms with Gasteiger partial charge in [-0.3, -0.25) is 0 Å². The van der Waals surface area contributed by atoms with Crippen molar-refractivity contribution in [3.05, 3.63) is 73.1 Å². The number of anilines is 4. The Labute approximate surface area is 198 Å². The maximum atomic E-state index is 9.66. The van der Waals surface area contributed by atoms with Crippen LogP contribution in [0.15, 0.2) is 72.6 Å². The molecule has 9 nitrogen and oxygen atoms in total. The number of hydrogen-bond donors (Lipinski definition) is 2. The van der Waals surface area contributed by atoms with Gasteiger partial charge in [0, 0.05) is 42.4 Å². The predicted molar refractivity (Wildman–Crippen MR) is 135 cm³/mol. The highest BCUT2D eigenvalue weighted by Crippen LogP contribution is 2.29. The molecule has 1 aliphatic rings. The van der Waals surface area contributed by atoms with Crippen LogP contribution in [-0.4, -0.2) is 42.1 Å². The number of rotatable bonds is 7. The molecule has 3 aromatic rings. The lowest BCUT2D eigenvalue weighted by Crippen LogP contribution is -2.36. The van der Waals surface area contributed by atoms with Gasteiger partial charge in [-0.15, -0.1) is 0 Å². The lowest BCUT2D eigenvalue weighted by molar-refractivity contribution is 0.122. The fraction of sp³-hybridized carbons (Fsp3) is 0.200. The number of amidine groups is 1. The standard InChI is InChI=1S/C25H26N8O/c1-3-33(31-18(2)27)21-8-5-20(6-9-21)29-25-28-11-10-24(30-25)23-16-22(7-4-19(23)17-26)32-12-14-34-15-13-32/h3-11,16H,1,12-15H2,2H3,(H2,27,31)(H,28,29,30). The molecule has 1 aliphatic heterocycles. The van der Waals surface area contributed by atoms with Gasteiger partial charge in [-0.05, 0) is 55.5 Å². The molecule has 0 atom stereocenters. The fourth-order valence-electron chi connectivity index (χ4n) is 3.63. The van der Waals surface area contributed by atoms with E-state index in [9.17, 15) is 5.26 Å². The van der Waals surface area contributed by atoms with E-state index in [1.807, 2.05) is 48.5 Å². The van der Waals surface area contributed by atoms with Gasteiger partial charge in [0.25, 0.3) is 0 Å². The molecule has 2 heterocycles. The average Bonchev–Trinajstić information content (AvgIpc) is 2.88. The summed E-state index contributed by atoms with van der Waals surface area (Å²) in [5.41, 5.74) is 10.3. The first kappa shape index (κ1) is 22.8. The number of benzene rings is 2. The van der Waals surface area contributed by atoms with E-state index in [4.69, 9.17) is 10.5 Å². The minimum absolute atomic E-state index is 0.432. The molecule has 34 heavy (non-hydrogen) atoms. The Balaban J connectivity index is 1.57. The van der Waals surface area contributed by atoms with Gasteiger partial charge in [0.05, 0.1) is 36.2 Å². The topological polar surface area (TPSA) is 116 Å². The molecule has 0 spiro atoms. The highest BCUT2D eigenvalue weighted by atomic mass is 16.5. The second-order valence-electron chi connectivity index (χ2n) is 7.65. The summed E-state index contributed by atoms with van der Waals surface area (Å²) in [7, 11) is 0. The van der Waals surface area contributed by atoms with Gasteiger partial charge in [-0.1, -0.05) is 6.58 Å². The number of nitriles is 1. The molecule has 0 aliphatic carbocycles. The summed E-state index contributed by atoms with van der Waals surface area (Å²) in [6.45, 7) is 8.50. The minimum Gasteiger partial charge on any atom is -0.386 e. The summed E-state index contributed by atoms with van der Waals surface area (Å²) >= 11 is 0. The quantitative estimate of drug-likeness (QED) is 0.314. The normalized spacial score (nSPS) is 13.8. The van der Waals surface area contributed by atoms with Gasteiger partial charge < -0.3 is 20.7 Å². The molecule has 0 saturated carbocycles. The third-order valence-electron chi connectivity index (χ3n) is 5.26. The SMILES string of the molecule is C=CN(/N=C(/C)N)c1ccc(Nc2nccc(-c3cc(N4CCOCC4)ccc3C#N)n2)cc1. The Bertz CT molecular complexity index is 1220. The van der Waals surface area contributed by atoms with Gasteiger partial charge in [0.15, 0.2) is 0 Å². The van der Waals surface area contributed by atoms with Gasteiger partial charge >= 0.3 is 0 Å². The van der Waals surface area contributed by atoms with Crippen LogP contribution in [0, 0.1) is 11.3 Å². The van der Waals surface area contributed by atoms with Crippen LogP contribution in [0.1, 0.15) is 12.5 Å². The number of ether oxygens (including phenoxy) is 1. The minimum atomic E-state index is 0.432. The van der Waals surface area contributed by atoms with Crippen molar-refractivity contribution in [2.45, 2.75) is 6.92 Å². The molecule has 1 saturated heterocycles. The molecule has 0 bridgehead atoms. The number of hydrogen-bond acceptors (Lipinski definition) is 8. The monoisotopic (exact) mass is 454 g/mol. The molecule has 4 rings (SSSR count). The summed E-state index contributed by atoms with van der Waals surface area (Å²) in [6, 6.07) is 17.5. The molecule has 3 N–H and O–H groups in total. The number of nitrogens with two attached hydrogens (primary N) is 1. The Hall–Kier alpha value is -4.42. The van der Waals surface area contributed by atoms with Crippen molar-refractivity contribution in [2.24, 2.45) is 10.8 Å². The molecular weight excluding hydrogens is 428 g/mol. The van der Waals surface area contributed by atoms with Crippen molar-refractivity contribution < 1.29 is 4.74 Å². The van der Waals surface area contributed by atoms with Gasteiger partial charge in [0.2, 0.25) is 5.95 Å². The molecular formula is C25H26N8O. The van der Waals surface area contributed by atoms with Crippen molar-refractivity contribution in [1.29, 1.82) is 5.26 Å². The lowest BCUT2D eigenvalue weighted by Gasteiger charge is -2.29. The third kappa shape index (κ3) is 5.31. The molecule has 0 radical (unpaired) electrons. The van der Waals surface area contributed by atoms with Gasteiger partial charge in [-0.2, -0.15) is 10.4 Å². The maximum Gasteiger partial charge on any atom is 0.227 e. The number of nitrogens with one attached hydrogen (secondary N) is 1. The Kier molecular flexibility index (Phi) is 7.01. The first-order valence-electron chi connectivity index (χ1n) is 10.9. The van der Waals surface area contributed by atoms with Crippen molar-refractivity contribution in [3.8, 4) is 17.3 Å². The van der Waals surface area contributed by atoms with E-state index in [1.165, 1.54) is 0 Å². The van der Waals surface area contributed by atoms with E-state index < -0.39 is 0 Å². The summed E-state index contributed by atoms with van der Waals surface area (Å²) in [6.07, 6.45) is 3.27. The highest BCUT2D eigenvalue weighted by molar-refractivity contribution is 5.79. The second-order valence-corrected chi connectivity index (χ2v) is 7.65. The van der Waals surface area contributed by atoms with E-state index in [2.05, 4.69) is 37.9 Å². The van der Waals surface area contributed by atoms with Crippen molar-refractivity contribution >= 4 is 28.8 Å². The van der Waals surface area contributed by atoms with E-state index in [-0.39, 0.29) is 0 Å². The van der Waals surface area contributed by atoms with Crippen molar-refractivity contribution in [1.82, 2.24) is 9.97 Å². The highest BCUT2D eigenvalue weighted by Gasteiger charge is 2.15. The van der Waals surface area contributed by atoms with Crippen LogP contribution in [0.25, 0.3) is 11.3 Å². The summed E-state index contributed by atoms with van der Waals surface area (Å²) in [5.74, 6) is 0.865. The predicted octanol–water partition coefficient (Wildman–Crippen LogP) is 3.84. The molecule has 9 heteroatoms. The zero-order valence-electron chi connectivity index (χ0n) is 19.0. The van der Waals surface area contributed by atoms with Gasteiger partial charge in [-0.25, -0.2) is 15.0 Å². The van der Waals surface area contributed by atoms with Crippen molar-refractivity contribution in [3.63, 3.8) is 0 Å². The van der Waals surface area contributed by atoms with Crippen molar-refractivity contribution in [2.75, 3.05) is 41.5 Å². The molecule has 172 valence electrons. The second kappa shape index (κ2) is 10.5. The van der Waals surface area contributed by atoms with E-state index in [0.29, 0.717) is 36.3 Å². The summed E-state index contributed by atoms with van der Waals surface area (Å²) in [4.78, 5) is 11.3. The fourth-order valence-corrected chi connectivity index (χ4v) is 3.63. The van der Waals surface area contributed by atoms with E-state index in [0.717, 1.165) is 35.7 Å². The number of nitrogens with zero attached hydrogens (tertiary/aromatic N) is 6. The summed E-state index contributed by atoms with van der Waals surface area (Å²) in [5, 5.41) is 18.7. The maximum absolute atomic E-state index is 9.66. The molecule has 1 aromatic heterocycles. The number of morpholine rings is 1. The molecule has 1 fully saturated rings. The number of aromatic nitrogens is 2. The van der Waals surface area contributed by atoms with Crippen LogP contribution < -0.4 is 21.0 Å². The van der Waals surface area contributed by atoms with E-state index in [1.54, 1.807) is 24.3 Å². The van der Waals surface area contributed by atoms with Crippen LogP contribution in [0.3, 0.4) is 0 Å². The smallest absolute Gasteiger partial charge is 0.227 e. The Morgan fingerprint density at radius 2 is 2.00 bits per heavy atom. The Morgan fingerprint density at radius 1 is 1.24 bits per heavy atom. The lowest BCUT2D eigenvalue weighted by atomic mass is 10.0. The summed E-state index contributed by atoms with van der Waals surface area (Å²) < 4.78 is 5.45. The van der Waals surface area contributed by atoms with E-state index >= 15 is 0 Å². The van der Waals surface area contributed by atoms with Crippen LogP contribution in [0.5, 0.6) is 0 Å².